The van der Waals surface area contributed by atoms with Crippen LogP contribution in [0.5, 0.6) is 0 Å². The first-order chi connectivity index (χ1) is 13.0. The molecule has 1 amide bonds. The largest absolute Gasteiger partial charge is 0.355 e. The number of carbonyl (C=O) groups is 1. The zero-order valence-corrected chi connectivity index (χ0v) is 16.2. The van der Waals surface area contributed by atoms with Gasteiger partial charge in [-0.15, -0.1) is 0 Å². The number of amides is 1. The van der Waals surface area contributed by atoms with E-state index in [0.29, 0.717) is 25.2 Å². The Balaban J connectivity index is 1.67. The Kier molecular flexibility index (Phi) is 5.54. The third-order valence-electron chi connectivity index (χ3n) is 4.49. The van der Waals surface area contributed by atoms with Gasteiger partial charge in [0.15, 0.2) is 0 Å². The summed E-state index contributed by atoms with van der Waals surface area (Å²) >= 11 is 0. The SMILES string of the molecule is CCN(Cc1nccn1C)C(=O)c1ccc(N(C)Cc2cnn(C)c2)nc1. The van der Waals surface area contributed by atoms with Gasteiger partial charge >= 0.3 is 0 Å². The number of pyridine rings is 1. The highest BCUT2D eigenvalue weighted by Gasteiger charge is 2.17. The predicted octanol–water partition coefficient (Wildman–Crippen LogP) is 1.85. The fourth-order valence-corrected chi connectivity index (χ4v) is 2.88. The molecule has 0 saturated carbocycles. The van der Waals surface area contributed by atoms with Gasteiger partial charge in [-0.2, -0.15) is 5.10 Å². The molecule has 0 aliphatic carbocycles. The van der Waals surface area contributed by atoms with Crippen LogP contribution in [0.25, 0.3) is 0 Å². The Bertz CT molecular complexity index is 897. The van der Waals surface area contributed by atoms with Crippen molar-refractivity contribution in [1.82, 2.24) is 29.2 Å². The van der Waals surface area contributed by atoms with Crippen LogP contribution in [0.15, 0.2) is 43.1 Å². The third-order valence-corrected chi connectivity index (χ3v) is 4.49. The summed E-state index contributed by atoms with van der Waals surface area (Å²) in [4.78, 5) is 25.4. The van der Waals surface area contributed by atoms with Crippen LogP contribution in [0.2, 0.25) is 0 Å². The van der Waals surface area contributed by atoms with Crippen molar-refractivity contribution in [2.75, 3.05) is 18.5 Å². The number of aromatic nitrogens is 5. The second kappa shape index (κ2) is 8.03. The molecular weight excluding hydrogens is 342 g/mol. The Morgan fingerprint density at radius 1 is 1.15 bits per heavy atom. The van der Waals surface area contributed by atoms with E-state index in [2.05, 4.69) is 15.1 Å². The number of carbonyl (C=O) groups excluding carboxylic acids is 1. The number of nitrogens with zero attached hydrogens (tertiary/aromatic N) is 7. The van der Waals surface area contributed by atoms with E-state index in [4.69, 9.17) is 0 Å². The molecule has 0 atom stereocenters. The number of hydrogen-bond acceptors (Lipinski definition) is 5. The van der Waals surface area contributed by atoms with Crippen LogP contribution < -0.4 is 4.90 Å². The summed E-state index contributed by atoms with van der Waals surface area (Å²) in [5.74, 6) is 1.61. The van der Waals surface area contributed by atoms with Gasteiger partial charge in [-0.3, -0.25) is 9.48 Å². The molecule has 8 heteroatoms. The molecule has 0 N–H and O–H groups in total. The lowest BCUT2D eigenvalue weighted by Gasteiger charge is -2.21. The van der Waals surface area contributed by atoms with Crippen molar-refractivity contribution in [2.24, 2.45) is 14.1 Å². The molecule has 0 radical (unpaired) electrons. The minimum atomic E-state index is -0.0468. The van der Waals surface area contributed by atoms with Gasteiger partial charge in [0.05, 0.1) is 18.3 Å². The highest BCUT2D eigenvalue weighted by atomic mass is 16.2. The fourth-order valence-electron chi connectivity index (χ4n) is 2.88. The van der Waals surface area contributed by atoms with Gasteiger partial charge in [0, 0.05) is 64.6 Å². The number of hydrogen-bond donors (Lipinski definition) is 0. The van der Waals surface area contributed by atoms with E-state index < -0.39 is 0 Å². The summed E-state index contributed by atoms with van der Waals surface area (Å²) in [6, 6.07) is 3.70. The fraction of sp³-hybridized carbons (Fsp3) is 0.368. The average molecular weight is 367 g/mol. The molecule has 0 saturated heterocycles. The number of aryl methyl sites for hydroxylation is 2. The van der Waals surface area contributed by atoms with E-state index in [1.807, 2.05) is 68.3 Å². The van der Waals surface area contributed by atoms with Crippen LogP contribution in [-0.4, -0.2) is 48.7 Å². The minimum Gasteiger partial charge on any atom is -0.355 e. The molecule has 0 bridgehead atoms. The molecule has 27 heavy (non-hydrogen) atoms. The molecule has 0 aromatic carbocycles. The topological polar surface area (TPSA) is 72.1 Å². The van der Waals surface area contributed by atoms with Crippen molar-refractivity contribution in [1.29, 1.82) is 0 Å². The van der Waals surface area contributed by atoms with Gasteiger partial charge in [0.1, 0.15) is 11.6 Å². The smallest absolute Gasteiger partial charge is 0.255 e. The maximum atomic E-state index is 12.8. The molecule has 3 aromatic rings. The van der Waals surface area contributed by atoms with Gasteiger partial charge in [0.2, 0.25) is 0 Å². The van der Waals surface area contributed by atoms with Crippen LogP contribution in [0.3, 0.4) is 0 Å². The summed E-state index contributed by atoms with van der Waals surface area (Å²) in [5.41, 5.74) is 1.68. The van der Waals surface area contributed by atoms with Crippen molar-refractivity contribution < 1.29 is 4.79 Å². The van der Waals surface area contributed by atoms with E-state index in [1.165, 1.54) is 0 Å². The van der Waals surface area contributed by atoms with Crippen molar-refractivity contribution in [3.63, 3.8) is 0 Å². The van der Waals surface area contributed by atoms with Gasteiger partial charge in [-0.1, -0.05) is 0 Å². The predicted molar refractivity (Wildman–Crippen MR) is 103 cm³/mol. The highest BCUT2D eigenvalue weighted by molar-refractivity contribution is 5.94. The van der Waals surface area contributed by atoms with E-state index >= 15 is 0 Å². The lowest BCUT2D eigenvalue weighted by Crippen LogP contribution is -2.31. The molecule has 3 heterocycles. The van der Waals surface area contributed by atoms with Gasteiger partial charge in [-0.25, -0.2) is 9.97 Å². The van der Waals surface area contributed by atoms with E-state index in [1.54, 1.807) is 22.0 Å². The maximum Gasteiger partial charge on any atom is 0.255 e. The first-order valence-electron chi connectivity index (χ1n) is 8.88. The number of imidazole rings is 1. The molecule has 0 spiro atoms. The molecule has 142 valence electrons. The maximum absolute atomic E-state index is 12.8. The summed E-state index contributed by atoms with van der Waals surface area (Å²) in [6.45, 7) is 3.74. The van der Waals surface area contributed by atoms with Crippen LogP contribution in [0.4, 0.5) is 5.82 Å². The molecular formula is C19H25N7O. The van der Waals surface area contributed by atoms with Crippen LogP contribution in [0, 0.1) is 0 Å². The quantitative estimate of drug-likeness (QED) is 0.637. The molecule has 3 rings (SSSR count). The van der Waals surface area contributed by atoms with Crippen LogP contribution in [0.1, 0.15) is 28.7 Å². The summed E-state index contributed by atoms with van der Waals surface area (Å²) in [5, 5.41) is 4.18. The Labute approximate surface area is 159 Å². The van der Waals surface area contributed by atoms with E-state index in [0.717, 1.165) is 17.2 Å². The molecule has 3 aromatic heterocycles. The lowest BCUT2D eigenvalue weighted by atomic mass is 10.2. The Morgan fingerprint density at radius 2 is 1.96 bits per heavy atom. The summed E-state index contributed by atoms with van der Waals surface area (Å²) in [6.07, 6.45) is 9.07. The van der Waals surface area contributed by atoms with Crippen molar-refractivity contribution in [3.8, 4) is 0 Å². The first kappa shape index (κ1) is 18.6. The average Bonchev–Trinajstić information content (AvgIpc) is 3.27. The zero-order valence-electron chi connectivity index (χ0n) is 16.2. The molecule has 0 unspecified atom stereocenters. The first-order valence-corrected chi connectivity index (χ1v) is 8.88. The van der Waals surface area contributed by atoms with Crippen LogP contribution in [-0.2, 0) is 27.2 Å². The summed E-state index contributed by atoms with van der Waals surface area (Å²) in [7, 11) is 5.79. The standard InChI is InChI=1S/C19H25N7O/c1-5-26(14-18-20-8-9-23(18)2)19(27)16-6-7-17(21-11-16)24(3)12-15-10-22-25(4)13-15/h6-11,13H,5,12,14H2,1-4H3. The van der Waals surface area contributed by atoms with Crippen molar-refractivity contribution >= 4 is 11.7 Å². The Morgan fingerprint density at radius 3 is 2.52 bits per heavy atom. The van der Waals surface area contributed by atoms with Crippen molar-refractivity contribution in [3.05, 3.63) is 60.1 Å². The molecule has 8 nitrogen and oxygen atoms in total. The second-order valence-electron chi connectivity index (χ2n) is 6.56. The van der Waals surface area contributed by atoms with Crippen LogP contribution >= 0.6 is 0 Å². The molecule has 0 aliphatic rings. The monoisotopic (exact) mass is 367 g/mol. The molecule has 0 fully saturated rings. The third kappa shape index (κ3) is 4.33. The van der Waals surface area contributed by atoms with E-state index in [-0.39, 0.29) is 5.91 Å². The number of anilines is 1. The normalized spacial score (nSPS) is 10.8. The molecule has 0 aliphatic heterocycles. The highest BCUT2D eigenvalue weighted by Crippen LogP contribution is 2.15. The second-order valence-corrected chi connectivity index (χ2v) is 6.56. The van der Waals surface area contributed by atoms with Gasteiger partial charge < -0.3 is 14.4 Å². The Hall–Kier alpha value is -3.16. The number of rotatable bonds is 7. The van der Waals surface area contributed by atoms with Gasteiger partial charge in [0.25, 0.3) is 5.91 Å². The zero-order chi connectivity index (χ0) is 19.4. The van der Waals surface area contributed by atoms with Crippen molar-refractivity contribution in [2.45, 2.75) is 20.0 Å². The minimum absolute atomic E-state index is 0.0468. The van der Waals surface area contributed by atoms with Gasteiger partial charge in [-0.05, 0) is 19.1 Å². The summed E-state index contributed by atoms with van der Waals surface area (Å²) < 4.78 is 3.70. The lowest BCUT2D eigenvalue weighted by molar-refractivity contribution is 0.0747. The van der Waals surface area contributed by atoms with E-state index in [9.17, 15) is 4.79 Å².